The molecule has 162 valence electrons. The van der Waals surface area contributed by atoms with Crippen LogP contribution in [0.4, 0.5) is 0 Å². The summed E-state index contributed by atoms with van der Waals surface area (Å²) in [6.45, 7) is 3.63. The van der Waals surface area contributed by atoms with Crippen molar-refractivity contribution in [3.63, 3.8) is 0 Å². The summed E-state index contributed by atoms with van der Waals surface area (Å²) >= 11 is 0. The van der Waals surface area contributed by atoms with Crippen molar-refractivity contribution < 1.29 is 22.0 Å². The van der Waals surface area contributed by atoms with Crippen molar-refractivity contribution in [1.82, 2.24) is 0 Å². The first-order valence-electron chi connectivity index (χ1n) is 10.0. The molecule has 0 aliphatic rings. The third kappa shape index (κ3) is 43.8. The van der Waals surface area contributed by atoms with E-state index >= 15 is 0 Å². The van der Waals surface area contributed by atoms with Crippen LogP contribution in [0.15, 0.2) is 0 Å². The van der Waals surface area contributed by atoms with Crippen molar-refractivity contribution in [3.8, 4) is 0 Å². The first-order chi connectivity index (χ1) is 11.6. The predicted molar refractivity (Wildman–Crippen MR) is 112 cm³/mol. The van der Waals surface area contributed by atoms with Crippen molar-refractivity contribution in [3.05, 3.63) is 0 Å². The molecule has 6 heteroatoms. The van der Waals surface area contributed by atoms with Crippen LogP contribution in [0.2, 0.25) is 0 Å². The van der Waals surface area contributed by atoms with Crippen LogP contribution in [0.3, 0.4) is 0 Å². The molecular weight excluding hydrogens is 350 g/mol. The van der Waals surface area contributed by atoms with E-state index in [9.17, 15) is 0 Å². The topological polar surface area (TPSA) is 77.4 Å². The number of hydrogen-bond donors (Lipinski definition) is 1. The van der Waals surface area contributed by atoms with Gasteiger partial charge in [0.25, 0.3) is 0 Å². The molecular formula is C20H47NO4S. The Bertz CT molecular complexity index is 356. The Morgan fingerprint density at radius 3 is 1.15 bits per heavy atom. The van der Waals surface area contributed by atoms with Crippen molar-refractivity contribution >= 4 is 10.4 Å². The van der Waals surface area contributed by atoms with Crippen LogP contribution in [0.25, 0.3) is 0 Å². The molecule has 0 saturated heterocycles. The summed E-state index contributed by atoms with van der Waals surface area (Å²) in [5.74, 6) is 0. The predicted octanol–water partition coefficient (Wildman–Crippen LogP) is 5.81. The van der Waals surface area contributed by atoms with Crippen LogP contribution in [0.1, 0.15) is 104 Å². The van der Waals surface area contributed by atoms with Crippen molar-refractivity contribution in [2.75, 3.05) is 27.7 Å². The van der Waals surface area contributed by atoms with Crippen molar-refractivity contribution in [1.29, 1.82) is 0 Å². The summed E-state index contributed by atoms with van der Waals surface area (Å²) in [5, 5.41) is 0. The van der Waals surface area contributed by atoms with E-state index in [2.05, 4.69) is 28.1 Å². The maximum Gasteiger partial charge on any atom is 0.215 e. The summed E-state index contributed by atoms with van der Waals surface area (Å²) in [4.78, 5) is 0. The molecule has 0 rings (SSSR count). The quantitative estimate of drug-likeness (QED) is 0.164. The van der Waals surface area contributed by atoms with E-state index in [1.165, 1.54) is 96.4 Å². The van der Waals surface area contributed by atoms with E-state index in [0.29, 0.717) is 0 Å². The molecule has 0 aromatic rings. The fourth-order valence-electron chi connectivity index (χ4n) is 2.78. The van der Waals surface area contributed by atoms with Gasteiger partial charge in [0, 0.05) is 0 Å². The Morgan fingerprint density at radius 1 is 0.692 bits per heavy atom. The molecule has 0 atom stereocenters. The second kappa shape index (κ2) is 19.6. The zero-order chi connectivity index (χ0) is 19.6. The largest absolute Gasteiger partial charge is 0.726 e. The summed E-state index contributed by atoms with van der Waals surface area (Å²) in [7, 11) is 1.97. The van der Waals surface area contributed by atoms with Gasteiger partial charge in [0.05, 0.1) is 27.7 Å². The maximum atomic E-state index is 8.63. The van der Waals surface area contributed by atoms with Gasteiger partial charge in [0.15, 0.2) is 0 Å². The molecule has 0 unspecified atom stereocenters. The molecule has 0 saturated carbocycles. The molecule has 26 heavy (non-hydrogen) atoms. The molecule has 0 amide bonds. The van der Waals surface area contributed by atoms with E-state index in [4.69, 9.17) is 17.5 Å². The van der Waals surface area contributed by atoms with Gasteiger partial charge in [0.2, 0.25) is 10.4 Å². The minimum absolute atomic E-state index is 0. The number of quaternary nitrogens is 1. The molecule has 0 aliphatic heterocycles. The second-order valence-corrected chi connectivity index (χ2v) is 8.89. The highest BCUT2D eigenvalue weighted by atomic mass is 32.3. The Kier molecular flexibility index (Phi) is 23.0. The Balaban J connectivity index is -0.000000772. The van der Waals surface area contributed by atoms with E-state index in [-0.39, 0.29) is 7.43 Å². The molecule has 0 radical (unpaired) electrons. The van der Waals surface area contributed by atoms with Crippen molar-refractivity contribution in [2.24, 2.45) is 0 Å². The van der Waals surface area contributed by atoms with E-state index < -0.39 is 10.4 Å². The van der Waals surface area contributed by atoms with Gasteiger partial charge >= 0.3 is 0 Å². The van der Waals surface area contributed by atoms with Gasteiger partial charge in [-0.2, -0.15) is 0 Å². The summed E-state index contributed by atoms with van der Waals surface area (Å²) in [6.07, 6.45) is 20.4. The Hall–Kier alpha value is -0.170. The lowest BCUT2D eigenvalue weighted by Gasteiger charge is -2.23. The van der Waals surface area contributed by atoms with Crippen LogP contribution in [0, 0.1) is 0 Å². The molecule has 0 spiro atoms. The minimum atomic E-state index is -4.92. The lowest BCUT2D eigenvalue weighted by molar-refractivity contribution is -0.870. The number of hydrogen-bond acceptors (Lipinski definition) is 3. The van der Waals surface area contributed by atoms with Crippen molar-refractivity contribution in [2.45, 2.75) is 104 Å². The number of rotatable bonds is 15. The normalized spacial score (nSPS) is 11.5. The Morgan fingerprint density at radius 2 is 0.923 bits per heavy atom. The zero-order valence-electron chi connectivity index (χ0n) is 17.1. The fourth-order valence-corrected chi connectivity index (χ4v) is 2.78. The first-order valence-corrected chi connectivity index (χ1v) is 11.4. The van der Waals surface area contributed by atoms with E-state index in [0.717, 1.165) is 4.48 Å². The monoisotopic (exact) mass is 397 g/mol. The smallest absolute Gasteiger partial charge is 0.215 e. The van der Waals surface area contributed by atoms with Gasteiger partial charge in [-0.3, -0.25) is 4.55 Å². The van der Waals surface area contributed by atoms with Gasteiger partial charge < -0.3 is 9.04 Å². The molecule has 0 fully saturated rings. The van der Waals surface area contributed by atoms with Crippen LogP contribution >= 0.6 is 0 Å². The highest BCUT2D eigenvalue weighted by molar-refractivity contribution is 7.79. The van der Waals surface area contributed by atoms with Crippen LogP contribution in [-0.2, 0) is 10.4 Å². The molecule has 0 bridgehead atoms. The third-order valence-electron chi connectivity index (χ3n) is 4.18. The van der Waals surface area contributed by atoms with Gasteiger partial charge in [-0.15, -0.1) is 0 Å². The molecule has 0 aliphatic carbocycles. The molecule has 1 N–H and O–H groups in total. The summed E-state index contributed by atoms with van der Waals surface area (Å²) in [5.41, 5.74) is 0. The average molecular weight is 398 g/mol. The number of nitrogens with zero attached hydrogens (tertiary/aromatic N) is 1. The molecule has 5 nitrogen and oxygen atoms in total. The third-order valence-corrected chi connectivity index (χ3v) is 4.18. The van der Waals surface area contributed by atoms with Gasteiger partial charge in [-0.05, 0) is 12.8 Å². The van der Waals surface area contributed by atoms with Crippen LogP contribution in [-0.4, -0.2) is 49.7 Å². The lowest BCUT2D eigenvalue weighted by Crippen LogP contribution is -2.35. The zero-order valence-corrected chi connectivity index (χ0v) is 18.0. The number of unbranched alkanes of at least 4 members (excludes halogenated alkanes) is 13. The average Bonchev–Trinajstić information content (AvgIpc) is 2.45. The molecule has 0 aromatic heterocycles. The van der Waals surface area contributed by atoms with E-state index in [1.54, 1.807) is 0 Å². The molecule has 0 aromatic carbocycles. The summed E-state index contributed by atoms with van der Waals surface area (Å²) < 4.78 is 34.0. The van der Waals surface area contributed by atoms with Crippen LogP contribution < -0.4 is 0 Å². The SMILES string of the molecule is C.CCCCCCCCCCCCCCCC[N+](C)(C)C.O=S(=O)([O-])O. The van der Waals surface area contributed by atoms with Gasteiger partial charge in [-0.1, -0.05) is 91.4 Å². The minimum Gasteiger partial charge on any atom is -0.726 e. The van der Waals surface area contributed by atoms with Gasteiger partial charge in [0.1, 0.15) is 0 Å². The second-order valence-electron chi connectivity index (χ2n) is 8.04. The standard InChI is InChI=1S/C19H42N.CH4.H2O4S/c1-5-6-7-8-9-10-11-12-13-14-15-16-17-18-19-20(2,3)4;;1-5(2,3)4/h5-19H2,1-4H3;1H4;(H2,1,2,3,4)/q+1;;/p-1. The van der Waals surface area contributed by atoms with Gasteiger partial charge in [-0.25, -0.2) is 8.42 Å². The van der Waals surface area contributed by atoms with E-state index in [1.807, 2.05) is 0 Å². The highest BCUT2D eigenvalue weighted by Crippen LogP contribution is 2.13. The van der Waals surface area contributed by atoms with Crippen LogP contribution in [0.5, 0.6) is 0 Å². The highest BCUT2D eigenvalue weighted by Gasteiger charge is 2.04. The first kappa shape index (κ1) is 30.6. The lowest BCUT2D eigenvalue weighted by atomic mass is 10.0. The fraction of sp³-hybridized carbons (Fsp3) is 1.00. The summed E-state index contributed by atoms with van der Waals surface area (Å²) in [6, 6.07) is 0. The maximum absolute atomic E-state index is 8.63. The Labute approximate surface area is 164 Å². The molecule has 0 heterocycles.